The van der Waals surface area contributed by atoms with E-state index in [1.165, 1.54) is 4.88 Å². The molecule has 6 nitrogen and oxygen atoms in total. The van der Waals surface area contributed by atoms with E-state index in [1.807, 2.05) is 4.90 Å². The molecule has 142 valence electrons. The van der Waals surface area contributed by atoms with Crippen LogP contribution in [0.4, 0.5) is 5.00 Å². The zero-order valence-electron chi connectivity index (χ0n) is 15.3. The average molecular weight is 385 g/mol. The predicted octanol–water partition coefficient (Wildman–Crippen LogP) is 2.71. The summed E-state index contributed by atoms with van der Waals surface area (Å²) in [5.41, 5.74) is 2.37. The van der Waals surface area contributed by atoms with Crippen LogP contribution in [0.1, 0.15) is 50.4 Å². The molecule has 2 aromatic rings. The number of amides is 2. The molecular formula is C20H24N4O2S. The molecule has 0 atom stereocenters. The smallest absolute Gasteiger partial charge is 0.257 e. The first-order valence-electron chi connectivity index (χ1n) is 9.60. The maximum atomic E-state index is 13.4. The summed E-state index contributed by atoms with van der Waals surface area (Å²) >= 11 is 1.57. The highest BCUT2D eigenvalue weighted by atomic mass is 32.1. The van der Waals surface area contributed by atoms with Crippen LogP contribution in [0.15, 0.2) is 24.5 Å². The van der Waals surface area contributed by atoms with Crippen LogP contribution in [0, 0.1) is 0 Å². The minimum atomic E-state index is -0.215. The number of anilines is 1. The highest BCUT2D eigenvalue weighted by molar-refractivity contribution is 7.17. The molecule has 2 aliphatic rings. The van der Waals surface area contributed by atoms with Gasteiger partial charge in [0, 0.05) is 36.9 Å². The van der Waals surface area contributed by atoms with E-state index in [0.29, 0.717) is 22.7 Å². The van der Waals surface area contributed by atoms with Crippen LogP contribution in [0.2, 0.25) is 0 Å². The summed E-state index contributed by atoms with van der Waals surface area (Å²) in [6, 6.07) is 3.47. The van der Waals surface area contributed by atoms with Crippen molar-refractivity contribution in [1.82, 2.24) is 15.2 Å². The summed E-state index contributed by atoms with van der Waals surface area (Å²) in [6.45, 7) is 3.22. The van der Waals surface area contributed by atoms with Crippen molar-refractivity contribution in [3.8, 4) is 0 Å². The number of nitrogens with one attached hydrogen (secondary N) is 2. The zero-order chi connectivity index (χ0) is 18.6. The Hall–Kier alpha value is -2.25. The van der Waals surface area contributed by atoms with E-state index in [2.05, 4.69) is 15.6 Å². The lowest BCUT2D eigenvalue weighted by atomic mass is 9.95. The van der Waals surface area contributed by atoms with Gasteiger partial charge in [0.25, 0.3) is 11.8 Å². The monoisotopic (exact) mass is 384 g/mol. The Labute approximate surface area is 163 Å². The molecule has 0 spiro atoms. The van der Waals surface area contributed by atoms with Crippen molar-refractivity contribution in [2.75, 3.05) is 31.5 Å². The molecule has 27 heavy (non-hydrogen) atoms. The van der Waals surface area contributed by atoms with Crippen molar-refractivity contribution >= 4 is 28.2 Å². The number of aryl methyl sites for hydroxylation is 1. The van der Waals surface area contributed by atoms with E-state index in [1.54, 1.807) is 35.9 Å². The Morgan fingerprint density at radius 3 is 2.89 bits per heavy atom. The molecular weight excluding hydrogens is 360 g/mol. The number of pyridine rings is 1. The fourth-order valence-electron chi connectivity index (χ4n) is 3.76. The maximum absolute atomic E-state index is 13.4. The van der Waals surface area contributed by atoms with Crippen LogP contribution in [-0.2, 0) is 12.8 Å². The highest BCUT2D eigenvalue weighted by Crippen LogP contribution is 2.39. The molecule has 2 amide bonds. The number of carbonyl (C=O) groups excluding carboxylic acids is 2. The average Bonchev–Trinajstić information content (AvgIpc) is 2.87. The summed E-state index contributed by atoms with van der Waals surface area (Å²) in [7, 11) is 0. The van der Waals surface area contributed by atoms with E-state index in [-0.39, 0.29) is 11.8 Å². The van der Waals surface area contributed by atoms with Gasteiger partial charge in [0.15, 0.2) is 0 Å². The van der Waals surface area contributed by atoms with Crippen molar-refractivity contribution in [2.45, 2.75) is 32.1 Å². The van der Waals surface area contributed by atoms with Gasteiger partial charge in [-0.05, 0) is 56.3 Å². The number of nitrogens with zero attached hydrogens (tertiary/aromatic N) is 2. The Morgan fingerprint density at radius 2 is 2.04 bits per heavy atom. The normalized spacial score (nSPS) is 17.1. The number of rotatable bonds is 3. The fraction of sp³-hybridized carbons (Fsp3) is 0.450. The summed E-state index contributed by atoms with van der Waals surface area (Å²) in [6.07, 6.45) is 8.29. The lowest BCUT2D eigenvalue weighted by Gasteiger charge is -2.22. The van der Waals surface area contributed by atoms with Gasteiger partial charge >= 0.3 is 0 Å². The van der Waals surface area contributed by atoms with Crippen molar-refractivity contribution in [2.24, 2.45) is 0 Å². The van der Waals surface area contributed by atoms with Crippen LogP contribution >= 0.6 is 11.3 Å². The third kappa shape index (κ3) is 3.89. The van der Waals surface area contributed by atoms with Crippen LogP contribution in [-0.4, -0.2) is 47.9 Å². The lowest BCUT2D eigenvalue weighted by molar-refractivity contribution is 0.0766. The van der Waals surface area contributed by atoms with E-state index < -0.39 is 0 Å². The topological polar surface area (TPSA) is 74.3 Å². The summed E-state index contributed by atoms with van der Waals surface area (Å²) in [5, 5.41) is 7.03. The molecule has 2 aromatic heterocycles. The Balaban J connectivity index is 1.65. The number of thiophene rings is 1. The van der Waals surface area contributed by atoms with E-state index in [0.717, 1.165) is 57.3 Å². The van der Waals surface area contributed by atoms with Gasteiger partial charge in [-0.3, -0.25) is 14.6 Å². The van der Waals surface area contributed by atoms with Crippen molar-refractivity contribution in [3.63, 3.8) is 0 Å². The van der Waals surface area contributed by atoms with Crippen LogP contribution in [0.25, 0.3) is 0 Å². The van der Waals surface area contributed by atoms with Crippen molar-refractivity contribution in [3.05, 3.63) is 46.1 Å². The molecule has 1 aliphatic carbocycles. The lowest BCUT2D eigenvalue weighted by Crippen LogP contribution is -2.35. The first kappa shape index (κ1) is 18.1. The minimum Gasteiger partial charge on any atom is -0.337 e. The van der Waals surface area contributed by atoms with Gasteiger partial charge in [-0.15, -0.1) is 11.3 Å². The molecule has 7 heteroatoms. The summed E-state index contributed by atoms with van der Waals surface area (Å²) < 4.78 is 0. The first-order valence-corrected chi connectivity index (χ1v) is 10.4. The molecule has 3 heterocycles. The van der Waals surface area contributed by atoms with E-state index in [9.17, 15) is 9.59 Å². The second kappa shape index (κ2) is 8.19. The highest BCUT2D eigenvalue weighted by Gasteiger charge is 2.29. The number of aromatic nitrogens is 1. The zero-order valence-corrected chi connectivity index (χ0v) is 16.1. The molecule has 2 N–H and O–H groups in total. The first-order chi connectivity index (χ1) is 13.2. The van der Waals surface area contributed by atoms with Gasteiger partial charge in [-0.2, -0.15) is 0 Å². The van der Waals surface area contributed by atoms with Gasteiger partial charge in [0.2, 0.25) is 0 Å². The predicted molar refractivity (Wildman–Crippen MR) is 107 cm³/mol. The van der Waals surface area contributed by atoms with Crippen LogP contribution < -0.4 is 10.6 Å². The number of carbonyl (C=O) groups is 2. The molecule has 0 bridgehead atoms. The van der Waals surface area contributed by atoms with Gasteiger partial charge in [0.1, 0.15) is 5.00 Å². The van der Waals surface area contributed by atoms with Gasteiger partial charge in [-0.1, -0.05) is 0 Å². The molecule has 0 saturated carbocycles. The molecule has 1 fully saturated rings. The van der Waals surface area contributed by atoms with Crippen LogP contribution in [0.3, 0.4) is 0 Å². The molecule has 1 saturated heterocycles. The van der Waals surface area contributed by atoms with Gasteiger partial charge in [-0.25, -0.2) is 0 Å². The van der Waals surface area contributed by atoms with Gasteiger partial charge < -0.3 is 15.5 Å². The minimum absolute atomic E-state index is 0.0552. The second-order valence-electron chi connectivity index (χ2n) is 7.01. The van der Waals surface area contributed by atoms with E-state index in [4.69, 9.17) is 0 Å². The molecule has 0 radical (unpaired) electrons. The number of hydrogen-bond acceptors (Lipinski definition) is 5. The van der Waals surface area contributed by atoms with Gasteiger partial charge in [0.05, 0.1) is 11.1 Å². The SMILES string of the molecule is O=C(Nc1sc2c(c1C(=O)N1CCCNCC1)CCCC2)c1cccnc1. The van der Waals surface area contributed by atoms with Crippen molar-refractivity contribution < 1.29 is 9.59 Å². The molecule has 1 aliphatic heterocycles. The summed E-state index contributed by atoms with van der Waals surface area (Å²) in [5.74, 6) is -0.159. The second-order valence-corrected chi connectivity index (χ2v) is 8.11. The van der Waals surface area contributed by atoms with E-state index >= 15 is 0 Å². The maximum Gasteiger partial charge on any atom is 0.257 e. The number of hydrogen-bond donors (Lipinski definition) is 2. The van der Waals surface area contributed by atoms with Crippen LogP contribution in [0.5, 0.6) is 0 Å². The fourth-order valence-corrected chi connectivity index (χ4v) is 5.04. The molecule has 4 rings (SSSR count). The quantitative estimate of drug-likeness (QED) is 0.853. The molecule has 0 unspecified atom stereocenters. The third-order valence-electron chi connectivity index (χ3n) is 5.16. The Morgan fingerprint density at radius 1 is 1.15 bits per heavy atom. The Bertz CT molecular complexity index is 826. The third-order valence-corrected chi connectivity index (χ3v) is 6.37. The Kier molecular flexibility index (Phi) is 5.50. The number of fused-ring (bicyclic) bond motifs is 1. The standard InChI is InChI=1S/C20H24N4O2S/c25-18(14-5-3-8-22-13-14)23-19-17(15-6-1-2-7-16(15)27-19)20(26)24-11-4-9-21-10-12-24/h3,5,8,13,21H,1-2,4,6-7,9-12H2,(H,23,25). The largest absolute Gasteiger partial charge is 0.337 e. The summed E-state index contributed by atoms with van der Waals surface area (Å²) in [4.78, 5) is 33.2. The molecule has 0 aromatic carbocycles. The van der Waals surface area contributed by atoms with Crippen molar-refractivity contribution in [1.29, 1.82) is 0 Å².